The van der Waals surface area contributed by atoms with Crippen LogP contribution in [0.2, 0.25) is 0 Å². The van der Waals surface area contributed by atoms with Gasteiger partial charge in [-0.05, 0) is 30.2 Å². The summed E-state index contributed by atoms with van der Waals surface area (Å²) in [4.78, 5) is 25.0. The minimum absolute atomic E-state index is 0.131. The zero-order chi connectivity index (χ0) is 20.1. The first-order valence-corrected chi connectivity index (χ1v) is 8.71. The average Bonchev–Trinajstić information content (AvgIpc) is 3.08. The van der Waals surface area contributed by atoms with E-state index < -0.39 is 11.9 Å². The molecule has 2 N–H and O–H groups in total. The minimum atomic E-state index is -0.847. The molecule has 0 bridgehead atoms. The Morgan fingerprint density at radius 3 is 2.43 bits per heavy atom. The van der Waals surface area contributed by atoms with Crippen molar-refractivity contribution in [1.82, 2.24) is 25.6 Å². The van der Waals surface area contributed by atoms with Crippen LogP contribution in [-0.4, -0.2) is 33.9 Å². The highest BCUT2D eigenvalue weighted by atomic mass is 19.1. The molecule has 0 aliphatic carbocycles. The summed E-state index contributed by atoms with van der Waals surface area (Å²) < 4.78 is 14.6. The Balaban J connectivity index is 1.79. The first kappa shape index (κ1) is 19.2. The Morgan fingerprint density at radius 1 is 1.11 bits per heavy atom. The molecule has 2 amide bonds. The smallest absolute Gasteiger partial charge is 0.274 e. The molecule has 0 saturated heterocycles. The van der Waals surface area contributed by atoms with E-state index in [0.717, 1.165) is 5.56 Å². The Labute approximate surface area is 161 Å². The fraction of sp³-hybridized carbons (Fsp3) is 0.200. The van der Waals surface area contributed by atoms with Gasteiger partial charge < -0.3 is 10.6 Å². The lowest BCUT2D eigenvalue weighted by Crippen LogP contribution is -2.39. The fourth-order valence-electron chi connectivity index (χ4n) is 2.77. The highest BCUT2D eigenvalue weighted by molar-refractivity contribution is 5.97. The molecule has 1 atom stereocenters. The van der Waals surface area contributed by atoms with Gasteiger partial charge in [0.2, 0.25) is 5.91 Å². The number of nitrogens with zero attached hydrogens (tertiary/aromatic N) is 3. The van der Waals surface area contributed by atoms with Gasteiger partial charge in [-0.25, -0.2) is 9.07 Å². The normalized spacial score (nSPS) is 11.7. The van der Waals surface area contributed by atoms with Gasteiger partial charge in [0.15, 0.2) is 5.69 Å². The third-order valence-electron chi connectivity index (χ3n) is 4.36. The van der Waals surface area contributed by atoms with E-state index in [2.05, 4.69) is 20.9 Å². The van der Waals surface area contributed by atoms with Crippen molar-refractivity contribution in [3.8, 4) is 0 Å². The van der Waals surface area contributed by atoms with E-state index in [1.165, 1.54) is 19.2 Å². The number of hydrogen-bond donors (Lipinski definition) is 2. The molecule has 0 radical (unpaired) electrons. The van der Waals surface area contributed by atoms with Gasteiger partial charge in [-0.15, -0.1) is 5.10 Å². The molecule has 0 aliphatic rings. The maximum atomic E-state index is 13.1. The molecule has 0 aliphatic heterocycles. The molecule has 144 valence electrons. The summed E-state index contributed by atoms with van der Waals surface area (Å²) in [5.41, 5.74) is 2.16. The van der Waals surface area contributed by atoms with Crippen LogP contribution in [0.5, 0.6) is 0 Å². The van der Waals surface area contributed by atoms with E-state index in [0.29, 0.717) is 17.8 Å². The Bertz CT molecular complexity index is 970. The second-order valence-electron chi connectivity index (χ2n) is 6.24. The first-order chi connectivity index (χ1) is 13.5. The van der Waals surface area contributed by atoms with E-state index in [1.54, 1.807) is 48.0 Å². The lowest BCUT2D eigenvalue weighted by molar-refractivity contribution is -0.122. The van der Waals surface area contributed by atoms with Gasteiger partial charge in [0.1, 0.15) is 11.9 Å². The van der Waals surface area contributed by atoms with E-state index in [4.69, 9.17) is 0 Å². The molecular weight excluding hydrogens is 361 g/mol. The summed E-state index contributed by atoms with van der Waals surface area (Å²) in [6.07, 6.45) is 0. The van der Waals surface area contributed by atoms with Crippen molar-refractivity contribution >= 4 is 11.8 Å². The van der Waals surface area contributed by atoms with Crippen molar-refractivity contribution in [2.45, 2.75) is 19.5 Å². The van der Waals surface area contributed by atoms with Crippen molar-refractivity contribution in [2.24, 2.45) is 0 Å². The first-order valence-electron chi connectivity index (χ1n) is 8.71. The summed E-state index contributed by atoms with van der Waals surface area (Å²) in [6, 6.07) is 14.1. The third-order valence-corrected chi connectivity index (χ3v) is 4.36. The molecule has 3 aromatic rings. The molecule has 1 unspecified atom stereocenters. The largest absolute Gasteiger partial charge is 0.357 e. The SMILES string of the molecule is CNC(=O)C(NC(=O)c1nnn(Cc2ccc(F)cc2)c1C)c1ccccc1. The van der Waals surface area contributed by atoms with Crippen LogP contribution in [0, 0.1) is 12.7 Å². The van der Waals surface area contributed by atoms with Gasteiger partial charge in [-0.1, -0.05) is 47.7 Å². The van der Waals surface area contributed by atoms with Gasteiger partial charge in [0.25, 0.3) is 5.91 Å². The summed E-state index contributed by atoms with van der Waals surface area (Å²) in [5.74, 6) is -1.16. The summed E-state index contributed by atoms with van der Waals surface area (Å²) in [6.45, 7) is 2.07. The van der Waals surface area contributed by atoms with Crippen LogP contribution >= 0.6 is 0 Å². The Morgan fingerprint density at radius 2 is 1.79 bits per heavy atom. The van der Waals surface area contributed by atoms with Crippen molar-refractivity contribution in [3.05, 3.63) is 82.9 Å². The average molecular weight is 381 g/mol. The number of carbonyl (C=O) groups excluding carboxylic acids is 2. The van der Waals surface area contributed by atoms with E-state index in [1.807, 2.05) is 6.07 Å². The highest BCUT2D eigenvalue weighted by Crippen LogP contribution is 2.15. The monoisotopic (exact) mass is 381 g/mol. The number of halogens is 1. The summed E-state index contributed by atoms with van der Waals surface area (Å²) in [7, 11) is 1.51. The topological polar surface area (TPSA) is 88.9 Å². The van der Waals surface area contributed by atoms with Crippen LogP contribution in [0.1, 0.15) is 33.4 Å². The van der Waals surface area contributed by atoms with Crippen LogP contribution in [0.4, 0.5) is 4.39 Å². The summed E-state index contributed by atoms with van der Waals surface area (Å²) in [5, 5.41) is 13.2. The number of aromatic nitrogens is 3. The minimum Gasteiger partial charge on any atom is -0.357 e. The fourth-order valence-corrected chi connectivity index (χ4v) is 2.77. The van der Waals surface area contributed by atoms with Crippen molar-refractivity contribution in [3.63, 3.8) is 0 Å². The molecule has 0 spiro atoms. The molecular formula is C20H20FN5O2. The molecule has 7 nitrogen and oxygen atoms in total. The second-order valence-corrected chi connectivity index (χ2v) is 6.24. The third kappa shape index (κ3) is 4.22. The Hall–Kier alpha value is -3.55. The number of nitrogens with one attached hydrogen (secondary N) is 2. The predicted octanol–water partition coefficient (Wildman–Crippen LogP) is 1.99. The zero-order valence-electron chi connectivity index (χ0n) is 15.5. The molecule has 8 heteroatoms. The van der Waals surface area contributed by atoms with Crippen LogP contribution in [0.3, 0.4) is 0 Å². The molecule has 0 saturated carbocycles. The van der Waals surface area contributed by atoms with Gasteiger partial charge in [-0.2, -0.15) is 0 Å². The van der Waals surface area contributed by atoms with Gasteiger partial charge in [0, 0.05) is 7.05 Å². The maximum absolute atomic E-state index is 13.1. The predicted molar refractivity (Wildman–Crippen MR) is 101 cm³/mol. The lowest BCUT2D eigenvalue weighted by atomic mass is 10.1. The van der Waals surface area contributed by atoms with Gasteiger partial charge in [-0.3, -0.25) is 9.59 Å². The zero-order valence-corrected chi connectivity index (χ0v) is 15.5. The van der Waals surface area contributed by atoms with Crippen molar-refractivity contribution < 1.29 is 14.0 Å². The number of likely N-dealkylation sites (N-methyl/N-ethyl adjacent to an activating group) is 1. The van der Waals surface area contributed by atoms with E-state index in [-0.39, 0.29) is 17.4 Å². The van der Waals surface area contributed by atoms with Crippen LogP contribution in [0.25, 0.3) is 0 Å². The molecule has 1 aromatic heterocycles. The maximum Gasteiger partial charge on any atom is 0.274 e. The number of carbonyl (C=O) groups is 2. The Kier molecular flexibility index (Phi) is 5.78. The number of amides is 2. The number of benzene rings is 2. The molecule has 0 fully saturated rings. The van der Waals surface area contributed by atoms with E-state index in [9.17, 15) is 14.0 Å². The highest BCUT2D eigenvalue weighted by Gasteiger charge is 2.25. The number of hydrogen-bond acceptors (Lipinski definition) is 4. The van der Waals surface area contributed by atoms with Crippen LogP contribution < -0.4 is 10.6 Å². The summed E-state index contributed by atoms with van der Waals surface area (Å²) >= 11 is 0. The second kappa shape index (κ2) is 8.43. The van der Waals surface area contributed by atoms with Crippen molar-refractivity contribution in [2.75, 3.05) is 7.05 Å². The molecule has 3 rings (SSSR count). The van der Waals surface area contributed by atoms with Crippen LogP contribution in [0.15, 0.2) is 54.6 Å². The quantitative estimate of drug-likeness (QED) is 0.683. The lowest BCUT2D eigenvalue weighted by Gasteiger charge is -2.17. The molecule has 1 heterocycles. The van der Waals surface area contributed by atoms with Crippen LogP contribution in [-0.2, 0) is 11.3 Å². The standard InChI is InChI=1S/C20H20FN5O2/c1-13-17(24-25-26(13)12-14-8-10-16(21)11-9-14)20(28)23-18(19(27)22-2)15-6-4-3-5-7-15/h3-11,18H,12H2,1-2H3,(H,22,27)(H,23,28). The number of rotatable bonds is 6. The van der Waals surface area contributed by atoms with Gasteiger partial charge >= 0.3 is 0 Å². The van der Waals surface area contributed by atoms with Crippen molar-refractivity contribution in [1.29, 1.82) is 0 Å². The van der Waals surface area contributed by atoms with Gasteiger partial charge in [0.05, 0.1) is 12.2 Å². The molecule has 2 aromatic carbocycles. The molecule has 28 heavy (non-hydrogen) atoms. The van der Waals surface area contributed by atoms with E-state index >= 15 is 0 Å².